The molecular formula is C40H66N2O8. The van der Waals surface area contributed by atoms with Crippen LogP contribution < -0.4 is 10.8 Å². The molecule has 0 heterocycles. The van der Waals surface area contributed by atoms with E-state index in [2.05, 4.69) is 10.8 Å². The van der Waals surface area contributed by atoms with Crippen LogP contribution in [0.5, 0.6) is 0 Å². The molecule has 0 aliphatic heterocycles. The second-order valence-electron chi connectivity index (χ2n) is 17.1. The van der Waals surface area contributed by atoms with Gasteiger partial charge in [-0.1, -0.05) is 25.7 Å². The van der Waals surface area contributed by atoms with Gasteiger partial charge in [0.05, 0.1) is 48.8 Å². The van der Waals surface area contributed by atoms with Crippen LogP contribution in [0.3, 0.4) is 0 Å². The molecule has 50 heavy (non-hydrogen) atoms. The van der Waals surface area contributed by atoms with E-state index in [0.29, 0.717) is 43.8 Å². The van der Waals surface area contributed by atoms with Gasteiger partial charge in [-0.05, 0) is 146 Å². The molecule has 0 aromatic rings. The third-order valence-electron chi connectivity index (χ3n) is 13.8. The van der Waals surface area contributed by atoms with Gasteiger partial charge < -0.3 is 29.8 Å². The lowest BCUT2D eigenvalue weighted by Crippen LogP contribution is -2.46. The van der Waals surface area contributed by atoms with Crippen LogP contribution in [0.2, 0.25) is 0 Å². The molecule has 284 valence electrons. The van der Waals surface area contributed by atoms with Crippen molar-refractivity contribution in [1.82, 2.24) is 10.8 Å². The smallest absolute Gasteiger partial charge is 0.307 e. The Morgan fingerprint density at radius 3 is 1.40 bits per heavy atom. The summed E-state index contributed by atoms with van der Waals surface area (Å²) in [6.45, 7) is 0.495. The molecule has 0 spiro atoms. The molecule has 0 bridgehead atoms. The third-order valence-corrected chi connectivity index (χ3v) is 13.8. The number of amides is 1. The average Bonchev–Trinajstić information content (AvgIpc) is 3.14. The number of rotatable bonds is 13. The molecule has 6 aliphatic rings. The third kappa shape index (κ3) is 10.7. The lowest BCUT2D eigenvalue weighted by Gasteiger charge is -2.40. The van der Waals surface area contributed by atoms with Crippen molar-refractivity contribution in [2.45, 2.75) is 191 Å². The molecule has 6 fully saturated rings. The van der Waals surface area contributed by atoms with E-state index in [1.165, 1.54) is 38.5 Å². The molecule has 0 saturated heterocycles. The van der Waals surface area contributed by atoms with E-state index in [1.807, 2.05) is 0 Å². The van der Waals surface area contributed by atoms with Crippen molar-refractivity contribution in [2.75, 3.05) is 6.61 Å². The van der Waals surface area contributed by atoms with E-state index in [-0.39, 0.29) is 35.8 Å². The Kier molecular flexibility index (Phi) is 14.3. The highest BCUT2D eigenvalue weighted by molar-refractivity contribution is 5.85. The van der Waals surface area contributed by atoms with Crippen molar-refractivity contribution >= 4 is 17.8 Å². The monoisotopic (exact) mass is 702 g/mol. The molecule has 6 saturated carbocycles. The number of carbonyl (C=O) groups is 3. The Morgan fingerprint density at radius 1 is 0.480 bits per heavy atom. The summed E-state index contributed by atoms with van der Waals surface area (Å²) in [5.41, 5.74) is 3.26. The maximum Gasteiger partial charge on any atom is 0.307 e. The van der Waals surface area contributed by atoms with E-state index in [4.69, 9.17) is 14.3 Å². The minimum absolute atomic E-state index is 0.0491. The van der Waals surface area contributed by atoms with Crippen LogP contribution in [0.4, 0.5) is 0 Å². The van der Waals surface area contributed by atoms with Gasteiger partial charge in [0.15, 0.2) is 0 Å². The lowest BCUT2D eigenvalue weighted by atomic mass is 9.72. The summed E-state index contributed by atoms with van der Waals surface area (Å²) in [6.07, 6.45) is 26.2. The van der Waals surface area contributed by atoms with Gasteiger partial charge in [-0.15, -0.1) is 0 Å². The number of carbonyl (C=O) groups excluding carboxylic acids is 1. The number of aliphatic carboxylic acids is 2. The summed E-state index contributed by atoms with van der Waals surface area (Å²) in [7, 11) is 0. The van der Waals surface area contributed by atoms with Crippen LogP contribution in [0.15, 0.2) is 0 Å². The molecular weight excluding hydrogens is 636 g/mol. The topological polar surface area (TPSA) is 143 Å². The average molecular weight is 703 g/mol. The highest BCUT2D eigenvalue weighted by Gasteiger charge is 2.38. The van der Waals surface area contributed by atoms with Gasteiger partial charge in [0.2, 0.25) is 5.91 Å². The first-order valence-corrected chi connectivity index (χ1v) is 20.8. The standard InChI is InChI=1S/C40H66N2O8/c43-38(36-7-3-4-8-37(36)40(46)47)41-29-13-21-33(22-14-29)49-31-17-9-26(10-18-31)27-11-19-32(20-12-27)50-34-23-15-30(16-24-34)42-48-25-28-5-1-2-6-35(28)39(44)45/h26-37,42H,1-25H2,(H,41,43)(H,44,45)(H,46,47). The Balaban J connectivity index is 0.800. The Labute approximate surface area is 299 Å². The number of nitrogens with one attached hydrogen (secondary N) is 2. The van der Waals surface area contributed by atoms with Gasteiger partial charge in [0.1, 0.15) is 0 Å². The fourth-order valence-electron chi connectivity index (χ4n) is 10.7. The van der Waals surface area contributed by atoms with E-state index in [9.17, 15) is 24.6 Å². The Hall–Kier alpha value is -1.75. The summed E-state index contributed by atoms with van der Waals surface area (Å²) in [6, 6.07) is 0.480. The van der Waals surface area contributed by atoms with E-state index in [1.54, 1.807) is 0 Å². The zero-order chi connectivity index (χ0) is 34.9. The minimum atomic E-state index is -0.825. The van der Waals surface area contributed by atoms with Crippen molar-refractivity contribution in [3.05, 3.63) is 0 Å². The number of hydroxylamine groups is 1. The summed E-state index contributed by atoms with van der Waals surface area (Å²) in [5, 5.41) is 22.3. The SMILES string of the molecule is O=C(O)C1CCCCC1CONC1CCC(OC2CCC(C3CCC(OC4CCC(NC(=O)C5CCCCC5C(=O)O)CC4)CC3)CC2)CC1. The minimum Gasteiger partial charge on any atom is -0.481 e. The molecule has 0 aromatic heterocycles. The Bertz CT molecular complexity index is 1070. The van der Waals surface area contributed by atoms with Crippen LogP contribution >= 0.6 is 0 Å². The molecule has 0 aromatic carbocycles. The van der Waals surface area contributed by atoms with Crippen LogP contribution in [0.25, 0.3) is 0 Å². The van der Waals surface area contributed by atoms with Crippen LogP contribution in [-0.2, 0) is 28.7 Å². The van der Waals surface area contributed by atoms with Gasteiger partial charge >= 0.3 is 11.9 Å². The second-order valence-corrected chi connectivity index (χ2v) is 17.1. The molecule has 6 rings (SSSR count). The largest absolute Gasteiger partial charge is 0.481 e. The normalized spacial score (nSPS) is 40.1. The number of hydrogen-bond donors (Lipinski definition) is 4. The molecule has 10 heteroatoms. The number of hydrogen-bond acceptors (Lipinski definition) is 7. The van der Waals surface area contributed by atoms with Crippen molar-refractivity contribution in [1.29, 1.82) is 0 Å². The molecule has 6 aliphatic carbocycles. The van der Waals surface area contributed by atoms with Crippen molar-refractivity contribution in [3.63, 3.8) is 0 Å². The summed E-state index contributed by atoms with van der Waals surface area (Å²) < 4.78 is 13.2. The van der Waals surface area contributed by atoms with Gasteiger partial charge in [0, 0.05) is 12.1 Å². The van der Waals surface area contributed by atoms with E-state index < -0.39 is 17.9 Å². The predicted octanol–water partition coefficient (Wildman–Crippen LogP) is 7.18. The molecule has 0 radical (unpaired) electrons. The fraction of sp³-hybridized carbons (Fsp3) is 0.925. The fourth-order valence-corrected chi connectivity index (χ4v) is 10.7. The van der Waals surface area contributed by atoms with Crippen molar-refractivity contribution < 1.29 is 38.9 Å². The quantitative estimate of drug-likeness (QED) is 0.147. The van der Waals surface area contributed by atoms with Crippen molar-refractivity contribution in [2.24, 2.45) is 35.5 Å². The predicted molar refractivity (Wildman–Crippen MR) is 189 cm³/mol. The van der Waals surface area contributed by atoms with Gasteiger partial charge in [-0.25, -0.2) is 0 Å². The zero-order valence-electron chi connectivity index (χ0n) is 30.4. The van der Waals surface area contributed by atoms with E-state index >= 15 is 0 Å². The van der Waals surface area contributed by atoms with Gasteiger partial charge in [0.25, 0.3) is 0 Å². The number of ether oxygens (including phenoxy) is 2. The summed E-state index contributed by atoms with van der Waals surface area (Å²) >= 11 is 0. The van der Waals surface area contributed by atoms with Gasteiger partial charge in [-0.2, -0.15) is 5.48 Å². The zero-order valence-corrected chi connectivity index (χ0v) is 30.4. The number of carboxylic acid groups (broad SMARTS) is 2. The van der Waals surface area contributed by atoms with Crippen molar-refractivity contribution in [3.8, 4) is 0 Å². The van der Waals surface area contributed by atoms with Crippen LogP contribution in [0.1, 0.15) is 154 Å². The Morgan fingerprint density at radius 2 is 0.900 bits per heavy atom. The highest BCUT2D eigenvalue weighted by Crippen LogP contribution is 2.41. The maximum absolute atomic E-state index is 12.9. The summed E-state index contributed by atoms with van der Waals surface area (Å²) in [4.78, 5) is 42.0. The maximum atomic E-state index is 12.9. The molecule has 4 atom stereocenters. The first-order chi connectivity index (χ1) is 24.3. The molecule has 4 N–H and O–H groups in total. The van der Waals surface area contributed by atoms with E-state index in [0.717, 1.165) is 115 Å². The number of carboxylic acids is 2. The molecule has 10 nitrogen and oxygen atoms in total. The molecule has 4 unspecified atom stereocenters. The lowest BCUT2D eigenvalue weighted by molar-refractivity contribution is -0.149. The van der Waals surface area contributed by atoms with Gasteiger partial charge in [-0.3, -0.25) is 14.4 Å². The van der Waals surface area contributed by atoms with Crippen LogP contribution in [0, 0.1) is 35.5 Å². The van der Waals surface area contributed by atoms with Crippen LogP contribution in [-0.4, -0.2) is 71.2 Å². The highest BCUT2D eigenvalue weighted by atomic mass is 16.6. The first-order valence-electron chi connectivity index (χ1n) is 20.8. The molecule has 1 amide bonds. The summed E-state index contributed by atoms with van der Waals surface area (Å²) in [5.74, 6) is -0.957. The first kappa shape index (κ1) is 38.0. The second kappa shape index (κ2) is 18.8.